The van der Waals surface area contributed by atoms with Crippen molar-refractivity contribution in [3.8, 4) is 23.0 Å². The first kappa shape index (κ1) is 34.1. The number of aliphatic hydroxyl groups excluding tert-OH is 1. The number of nitriles is 1. The van der Waals surface area contributed by atoms with E-state index in [0.717, 1.165) is 0 Å². The van der Waals surface area contributed by atoms with Crippen molar-refractivity contribution in [1.29, 1.82) is 5.26 Å². The van der Waals surface area contributed by atoms with E-state index in [9.17, 15) is 24.8 Å². The van der Waals surface area contributed by atoms with Crippen molar-refractivity contribution >= 4 is 47.0 Å². The van der Waals surface area contributed by atoms with Crippen LogP contribution in [0.1, 0.15) is 55.2 Å². The summed E-state index contributed by atoms with van der Waals surface area (Å²) in [6.07, 6.45) is 5.77. The van der Waals surface area contributed by atoms with E-state index in [4.69, 9.17) is 16.3 Å². The fourth-order valence-electron chi connectivity index (χ4n) is 6.07. The number of imidazole rings is 1. The molecule has 50 heavy (non-hydrogen) atoms. The SMILES string of the molecule is COC(=O)Nc1ccc2c(c1)N[C@@H](C(=O)N1CC[C@H](O)C1)CCCC[C@H](NC(=O)/C=C/c1cc(Cl)ccc1-n1cnnn1)c1nc(C#N)c-2[nH]1. The lowest BCUT2D eigenvalue weighted by atomic mass is 10.0. The van der Waals surface area contributed by atoms with Crippen LogP contribution in [0.15, 0.2) is 48.8 Å². The first-order valence-corrected chi connectivity index (χ1v) is 16.3. The summed E-state index contributed by atoms with van der Waals surface area (Å²) >= 11 is 6.24. The summed E-state index contributed by atoms with van der Waals surface area (Å²) in [5.74, 6) is -0.196. The Bertz CT molecular complexity index is 1960. The van der Waals surface area contributed by atoms with Gasteiger partial charge in [-0.1, -0.05) is 24.4 Å². The number of benzene rings is 2. The molecule has 0 unspecified atom stereocenters. The Morgan fingerprint density at radius 1 is 1.16 bits per heavy atom. The number of fused-ring (bicyclic) bond motifs is 4. The fourth-order valence-corrected chi connectivity index (χ4v) is 6.25. The molecule has 2 aliphatic rings. The summed E-state index contributed by atoms with van der Waals surface area (Å²) in [6.45, 7) is 0.676. The highest BCUT2D eigenvalue weighted by atomic mass is 35.5. The molecule has 2 aromatic heterocycles. The highest BCUT2D eigenvalue weighted by Crippen LogP contribution is 2.35. The van der Waals surface area contributed by atoms with Crippen LogP contribution in [-0.2, 0) is 14.3 Å². The van der Waals surface area contributed by atoms with Gasteiger partial charge in [0.15, 0.2) is 5.69 Å². The number of rotatable bonds is 6. The highest BCUT2D eigenvalue weighted by Gasteiger charge is 2.31. The number of hydrogen-bond acceptors (Lipinski definition) is 11. The van der Waals surface area contributed by atoms with Crippen LogP contribution >= 0.6 is 11.6 Å². The molecule has 16 nitrogen and oxygen atoms in total. The van der Waals surface area contributed by atoms with Crippen LogP contribution in [0.4, 0.5) is 16.2 Å². The number of carbonyl (C=O) groups is 3. The van der Waals surface area contributed by atoms with Gasteiger partial charge in [0.2, 0.25) is 11.8 Å². The molecular weight excluding hydrogens is 666 g/mol. The Labute approximate surface area is 291 Å². The number of carbonyl (C=O) groups excluding carboxylic acids is 3. The number of ether oxygens (including phenoxy) is 1. The monoisotopic (exact) mass is 699 g/mol. The first-order valence-electron chi connectivity index (χ1n) is 16.0. The summed E-state index contributed by atoms with van der Waals surface area (Å²) in [7, 11) is 1.25. The van der Waals surface area contributed by atoms with Crippen LogP contribution in [0.5, 0.6) is 0 Å². The Balaban J connectivity index is 1.32. The van der Waals surface area contributed by atoms with Crippen molar-refractivity contribution in [3.05, 3.63) is 70.9 Å². The van der Waals surface area contributed by atoms with E-state index in [2.05, 4.69) is 47.5 Å². The molecule has 0 radical (unpaired) electrons. The van der Waals surface area contributed by atoms with Gasteiger partial charge in [0.05, 0.1) is 30.6 Å². The zero-order valence-electron chi connectivity index (χ0n) is 27.0. The van der Waals surface area contributed by atoms with Gasteiger partial charge in [-0.2, -0.15) is 9.94 Å². The van der Waals surface area contributed by atoms with Gasteiger partial charge >= 0.3 is 6.09 Å². The normalized spacial score (nSPS) is 19.0. The number of nitrogens with one attached hydrogen (secondary N) is 4. The number of aliphatic hydroxyl groups is 1. The Morgan fingerprint density at radius 2 is 2.00 bits per heavy atom. The van der Waals surface area contributed by atoms with Gasteiger partial charge in [-0.25, -0.2) is 9.78 Å². The third-order valence-electron chi connectivity index (χ3n) is 8.53. The molecule has 2 aromatic carbocycles. The quantitative estimate of drug-likeness (QED) is 0.183. The standard InChI is InChI=1S/C33H34ClN11O5/c1-50-33(49)37-21-8-9-23-26(15-21)38-25(32(48)44-13-12-22(46)17-44)5-3-2-4-24(31-40-27(16-35)30(23)41-31)39-29(47)11-6-19-14-20(34)7-10-28(19)45-18-36-42-43-45/h6-11,14-15,18,22,24-25,38,46H,2-5,12-13,17H2,1H3,(H,37,49)(H,39,47)(H,40,41)/b11-6+/t22-,24-,25+/m0/s1. The number of hydrogen-bond donors (Lipinski definition) is 5. The van der Waals surface area contributed by atoms with Gasteiger partial charge in [-0.15, -0.1) is 5.10 Å². The summed E-state index contributed by atoms with van der Waals surface area (Å²) in [5, 5.41) is 41.0. The first-order chi connectivity index (χ1) is 24.2. The zero-order valence-corrected chi connectivity index (χ0v) is 27.7. The number of aromatic nitrogens is 6. The molecule has 258 valence electrons. The van der Waals surface area contributed by atoms with Gasteiger partial charge < -0.3 is 30.4 Å². The lowest BCUT2D eigenvalue weighted by molar-refractivity contribution is -0.131. The molecule has 6 rings (SSSR count). The van der Waals surface area contributed by atoms with E-state index in [1.807, 2.05) is 0 Å². The second-order valence-corrected chi connectivity index (χ2v) is 12.3. The lowest BCUT2D eigenvalue weighted by Gasteiger charge is -2.27. The number of methoxy groups -OCH3 is 1. The molecule has 5 N–H and O–H groups in total. The highest BCUT2D eigenvalue weighted by molar-refractivity contribution is 6.30. The molecule has 3 atom stereocenters. The number of aromatic amines is 1. The van der Waals surface area contributed by atoms with Crippen LogP contribution in [-0.4, -0.2) is 90.4 Å². The maximum atomic E-state index is 13.8. The third kappa shape index (κ3) is 7.74. The van der Waals surface area contributed by atoms with Crippen LogP contribution in [0.25, 0.3) is 23.0 Å². The maximum Gasteiger partial charge on any atom is 0.411 e. The van der Waals surface area contributed by atoms with Crippen molar-refractivity contribution < 1.29 is 24.2 Å². The Hall–Kier alpha value is -5.79. The van der Waals surface area contributed by atoms with Crippen molar-refractivity contribution in [1.82, 2.24) is 40.4 Å². The summed E-state index contributed by atoms with van der Waals surface area (Å²) < 4.78 is 6.21. The number of nitrogens with zero attached hydrogens (tertiary/aromatic N) is 7. The summed E-state index contributed by atoms with van der Waals surface area (Å²) in [4.78, 5) is 48.6. The van der Waals surface area contributed by atoms with Crippen molar-refractivity contribution in [3.63, 3.8) is 0 Å². The van der Waals surface area contributed by atoms with Crippen LogP contribution < -0.4 is 16.0 Å². The lowest BCUT2D eigenvalue weighted by Crippen LogP contribution is -2.42. The number of anilines is 2. The summed E-state index contributed by atoms with van der Waals surface area (Å²) in [6, 6.07) is 11.0. The molecule has 17 heteroatoms. The molecule has 0 saturated carbocycles. The van der Waals surface area contributed by atoms with E-state index in [1.165, 1.54) is 24.2 Å². The number of halogens is 1. The van der Waals surface area contributed by atoms with Gasteiger partial charge in [-0.3, -0.25) is 14.9 Å². The van der Waals surface area contributed by atoms with Crippen molar-refractivity contribution in [2.45, 2.75) is 50.3 Å². The van der Waals surface area contributed by atoms with Crippen molar-refractivity contribution in [2.75, 3.05) is 30.8 Å². The van der Waals surface area contributed by atoms with E-state index >= 15 is 0 Å². The summed E-state index contributed by atoms with van der Waals surface area (Å²) in [5.41, 5.74) is 3.07. The number of β-amino-alcohol motifs (C(OH)–C–C–N with tert-alkyl or cyclic N) is 1. The second-order valence-electron chi connectivity index (χ2n) is 11.9. The third-order valence-corrected chi connectivity index (χ3v) is 8.77. The number of H-pyrrole nitrogens is 1. The van der Waals surface area contributed by atoms with Crippen LogP contribution in [0.2, 0.25) is 5.02 Å². The molecule has 2 bridgehead atoms. The minimum Gasteiger partial charge on any atom is -0.453 e. The van der Waals surface area contributed by atoms with Crippen LogP contribution in [0.3, 0.4) is 0 Å². The van der Waals surface area contributed by atoms with E-state index < -0.39 is 30.2 Å². The molecule has 4 aromatic rings. The van der Waals surface area contributed by atoms with Crippen LogP contribution in [0, 0.1) is 11.3 Å². The molecule has 2 aliphatic heterocycles. The Kier molecular flexibility index (Phi) is 10.4. The average Bonchev–Trinajstić information content (AvgIpc) is 3.89. The topological polar surface area (TPSA) is 216 Å². The van der Waals surface area contributed by atoms with E-state index in [1.54, 1.807) is 47.4 Å². The largest absolute Gasteiger partial charge is 0.453 e. The molecule has 1 fully saturated rings. The predicted molar refractivity (Wildman–Crippen MR) is 182 cm³/mol. The smallest absolute Gasteiger partial charge is 0.411 e. The van der Waals surface area contributed by atoms with Gasteiger partial charge in [-0.05, 0) is 72.2 Å². The zero-order chi connectivity index (χ0) is 35.2. The minimum absolute atomic E-state index is 0.0846. The molecular formula is C33H34ClN11O5. The van der Waals surface area contributed by atoms with Gasteiger partial charge in [0.25, 0.3) is 0 Å². The van der Waals surface area contributed by atoms with Gasteiger partial charge in [0, 0.05) is 46.7 Å². The number of amides is 3. The second kappa shape index (κ2) is 15.2. The van der Waals surface area contributed by atoms with E-state index in [0.29, 0.717) is 83.4 Å². The van der Waals surface area contributed by atoms with E-state index in [-0.39, 0.29) is 18.1 Å². The number of tetrazole rings is 1. The number of likely N-dealkylation sites (tertiary alicyclic amines) is 1. The molecule has 1 saturated heterocycles. The molecule has 4 heterocycles. The Morgan fingerprint density at radius 3 is 2.74 bits per heavy atom. The molecule has 0 aliphatic carbocycles. The fraction of sp³-hybridized carbons (Fsp3) is 0.333. The minimum atomic E-state index is -0.678. The van der Waals surface area contributed by atoms with Crippen molar-refractivity contribution in [2.24, 2.45) is 0 Å². The van der Waals surface area contributed by atoms with Gasteiger partial charge in [0.1, 0.15) is 24.3 Å². The average molecular weight is 700 g/mol. The maximum absolute atomic E-state index is 13.8. The molecule has 3 amide bonds. The predicted octanol–water partition coefficient (Wildman–Crippen LogP) is 3.57. The molecule has 0 spiro atoms.